The van der Waals surface area contributed by atoms with Crippen LogP contribution in [0.3, 0.4) is 0 Å². The molecule has 1 unspecified atom stereocenters. The van der Waals surface area contributed by atoms with E-state index in [1.165, 1.54) is 23.6 Å². The number of carbonyl (C=O) groups excluding carboxylic acids is 1. The van der Waals surface area contributed by atoms with Gasteiger partial charge in [0.05, 0.1) is 22.6 Å². The van der Waals surface area contributed by atoms with Crippen LogP contribution in [-0.2, 0) is 24.4 Å². The van der Waals surface area contributed by atoms with Crippen LogP contribution < -0.4 is 10.9 Å². The first kappa shape index (κ1) is 26.1. The maximum Gasteiger partial charge on any atom is 0.416 e. The molecule has 0 saturated carbocycles. The van der Waals surface area contributed by atoms with Gasteiger partial charge in [-0.1, -0.05) is 42.5 Å². The lowest BCUT2D eigenvalue weighted by Gasteiger charge is -2.22. The Morgan fingerprint density at radius 3 is 2.31 bits per heavy atom. The van der Waals surface area contributed by atoms with Crippen LogP contribution in [-0.4, -0.2) is 27.1 Å². The van der Waals surface area contributed by atoms with Crippen LogP contribution in [0.5, 0.6) is 5.75 Å². The number of amides is 1. The van der Waals surface area contributed by atoms with Crippen LogP contribution >= 0.6 is 0 Å². The minimum absolute atomic E-state index is 0.0447. The summed E-state index contributed by atoms with van der Waals surface area (Å²) < 4.78 is 41.6. The van der Waals surface area contributed by atoms with Gasteiger partial charge in [-0.05, 0) is 47.9 Å². The third kappa shape index (κ3) is 4.76. The van der Waals surface area contributed by atoms with E-state index in [0.717, 1.165) is 28.6 Å². The normalized spacial score (nSPS) is 12.6. The number of aromatic amines is 1. The molecule has 2 aromatic heterocycles. The molecule has 1 amide bonds. The standard InChI is InChI=1S/C30H26F3N3O3/c1-17(37)34-16-15-21-20-7-3-5-9-23(20)35-27(21)25(18-11-13-19(14-12-18)30(31,32)33)26-28(38)22-8-4-6-10-24(22)36(2)29(26)39/h3-14,25,35,38H,15-16H2,1-2H3,(H,34,37). The molecule has 0 fully saturated rings. The number of fused-ring (bicyclic) bond motifs is 2. The molecule has 0 spiro atoms. The topological polar surface area (TPSA) is 87.1 Å². The maximum atomic E-state index is 13.8. The molecular formula is C30H26F3N3O3. The Morgan fingerprint density at radius 1 is 1.00 bits per heavy atom. The van der Waals surface area contributed by atoms with Gasteiger partial charge in [-0.3, -0.25) is 9.59 Å². The van der Waals surface area contributed by atoms with Gasteiger partial charge >= 0.3 is 6.18 Å². The number of hydrogen-bond donors (Lipinski definition) is 3. The summed E-state index contributed by atoms with van der Waals surface area (Å²) in [5.41, 5.74) is 1.80. The Hall–Kier alpha value is -4.53. The summed E-state index contributed by atoms with van der Waals surface area (Å²) in [5.74, 6) is -1.35. The lowest BCUT2D eigenvalue weighted by molar-refractivity contribution is -0.137. The number of rotatable bonds is 6. The summed E-state index contributed by atoms with van der Waals surface area (Å²) >= 11 is 0. The molecule has 5 aromatic rings. The summed E-state index contributed by atoms with van der Waals surface area (Å²) in [7, 11) is 1.60. The number of aromatic nitrogens is 2. The van der Waals surface area contributed by atoms with E-state index < -0.39 is 23.2 Å². The van der Waals surface area contributed by atoms with Gasteiger partial charge in [0, 0.05) is 42.5 Å². The highest BCUT2D eigenvalue weighted by Gasteiger charge is 2.33. The molecule has 39 heavy (non-hydrogen) atoms. The molecule has 3 aromatic carbocycles. The zero-order valence-corrected chi connectivity index (χ0v) is 21.3. The van der Waals surface area contributed by atoms with Crippen molar-refractivity contribution in [1.29, 1.82) is 0 Å². The Kier molecular flexibility index (Phi) is 6.68. The van der Waals surface area contributed by atoms with Crippen molar-refractivity contribution in [2.75, 3.05) is 6.54 Å². The number of pyridine rings is 1. The fourth-order valence-corrected chi connectivity index (χ4v) is 5.21. The molecule has 9 heteroatoms. The lowest BCUT2D eigenvalue weighted by Crippen LogP contribution is -2.26. The minimum atomic E-state index is -4.53. The van der Waals surface area contributed by atoms with Crippen LogP contribution in [0.1, 0.15) is 40.8 Å². The highest BCUT2D eigenvalue weighted by molar-refractivity contribution is 5.88. The predicted octanol–water partition coefficient (Wildman–Crippen LogP) is 5.60. The molecule has 0 aliphatic heterocycles. The Labute approximate surface area is 221 Å². The van der Waals surface area contributed by atoms with Crippen LogP contribution in [0, 0.1) is 0 Å². The highest BCUT2D eigenvalue weighted by atomic mass is 19.4. The number of benzene rings is 3. The van der Waals surface area contributed by atoms with Crippen molar-refractivity contribution < 1.29 is 23.1 Å². The number of nitrogens with zero attached hydrogens (tertiary/aromatic N) is 1. The molecule has 0 aliphatic carbocycles. The smallest absolute Gasteiger partial charge is 0.416 e. The van der Waals surface area contributed by atoms with E-state index in [9.17, 15) is 27.9 Å². The van der Waals surface area contributed by atoms with Crippen LogP contribution in [0.25, 0.3) is 21.8 Å². The van der Waals surface area contributed by atoms with Crippen molar-refractivity contribution >= 4 is 27.7 Å². The molecule has 6 nitrogen and oxygen atoms in total. The Morgan fingerprint density at radius 2 is 1.64 bits per heavy atom. The number of alkyl halides is 3. The van der Waals surface area contributed by atoms with Crippen molar-refractivity contribution in [3.8, 4) is 5.75 Å². The quantitative estimate of drug-likeness (QED) is 0.266. The number of aryl methyl sites for hydroxylation is 1. The van der Waals surface area contributed by atoms with Crippen LogP contribution in [0.15, 0.2) is 77.6 Å². The maximum absolute atomic E-state index is 13.8. The van der Waals surface area contributed by atoms with Crippen LogP contribution in [0.4, 0.5) is 13.2 Å². The summed E-state index contributed by atoms with van der Waals surface area (Å²) in [4.78, 5) is 28.7. The summed E-state index contributed by atoms with van der Waals surface area (Å²) in [5, 5.41) is 15.6. The predicted molar refractivity (Wildman–Crippen MR) is 144 cm³/mol. The number of carbonyl (C=O) groups is 1. The average Bonchev–Trinajstić information content (AvgIpc) is 3.27. The summed E-state index contributed by atoms with van der Waals surface area (Å²) in [6.07, 6.45) is -4.13. The first-order chi connectivity index (χ1) is 18.6. The molecule has 2 heterocycles. The first-order valence-corrected chi connectivity index (χ1v) is 12.4. The highest BCUT2D eigenvalue weighted by Crippen LogP contribution is 2.41. The van der Waals surface area contributed by atoms with Crippen molar-refractivity contribution in [3.63, 3.8) is 0 Å². The van der Waals surface area contributed by atoms with Crippen molar-refractivity contribution in [1.82, 2.24) is 14.9 Å². The van der Waals surface area contributed by atoms with E-state index in [1.54, 1.807) is 31.3 Å². The zero-order valence-electron chi connectivity index (χ0n) is 21.3. The van der Waals surface area contributed by atoms with Crippen LogP contribution in [0.2, 0.25) is 0 Å². The van der Waals surface area contributed by atoms with Crippen molar-refractivity contribution in [3.05, 3.63) is 111 Å². The lowest BCUT2D eigenvalue weighted by atomic mass is 9.84. The molecule has 0 bridgehead atoms. The summed E-state index contributed by atoms with van der Waals surface area (Å²) in [6.45, 7) is 1.73. The third-order valence-electron chi connectivity index (χ3n) is 7.05. The van der Waals surface area contributed by atoms with Gasteiger partial charge in [-0.25, -0.2) is 0 Å². The van der Waals surface area contributed by atoms with E-state index in [0.29, 0.717) is 35.1 Å². The van der Waals surface area contributed by atoms with E-state index in [2.05, 4.69) is 10.3 Å². The number of aromatic hydroxyl groups is 1. The number of para-hydroxylation sites is 2. The molecule has 0 radical (unpaired) electrons. The number of H-pyrrole nitrogens is 1. The van der Waals surface area contributed by atoms with Gasteiger partial charge in [0.15, 0.2) is 0 Å². The molecule has 1 atom stereocenters. The van der Waals surface area contributed by atoms with Crippen molar-refractivity contribution in [2.24, 2.45) is 7.05 Å². The fraction of sp³-hybridized carbons (Fsp3) is 0.200. The average molecular weight is 534 g/mol. The van der Waals surface area contributed by atoms with Gasteiger partial charge in [0.25, 0.3) is 5.56 Å². The van der Waals surface area contributed by atoms with Crippen molar-refractivity contribution in [2.45, 2.75) is 25.4 Å². The number of nitrogens with one attached hydrogen (secondary N) is 2. The Bertz CT molecular complexity index is 1750. The van der Waals surface area contributed by atoms with E-state index >= 15 is 0 Å². The molecule has 0 aliphatic rings. The summed E-state index contributed by atoms with van der Waals surface area (Å²) in [6, 6.07) is 19.0. The SMILES string of the molecule is CC(=O)NCCc1c(C(c2ccc(C(F)(F)F)cc2)c2c(O)c3ccccc3n(C)c2=O)[nH]c2ccccc12. The van der Waals surface area contributed by atoms with Gasteiger partial charge in [0.2, 0.25) is 5.91 Å². The number of hydrogen-bond acceptors (Lipinski definition) is 3. The fourth-order valence-electron chi connectivity index (χ4n) is 5.21. The minimum Gasteiger partial charge on any atom is -0.507 e. The Balaban J connectivity index is 1.81. The molecular weight excluding hydrogens is 507 g/mol. The van der Waals surface area contributed by atoms with E-state index in [4.69, 9.17) is 0 Å². The molecule has 5 rings (SSSR count). The van der Waals surface area contributed by atoms with Gasteiger partial charge < -0.3 is 20.0 Å². The largest absolute Gasteiger partial charge is 0.507 e. The molecule has 200 valence electrons. The second-order valence-electron chi connectivity index (χ2n) is 9.49. The number of halogens is 3. The second-order valence-corrected chi connectivity index (χ2v) is 9.49. The molecule has 3 N–H and O–H groups in total. The molecule has 0 saturated heterocycles. The zero-order chi connectivity index (χ0) is 27.9. The van der Waals surface area contributed by atoms with E-state index in [1.807, 2.05) is 24.3 Å². The first-order valence-electron chi connectivity index (χ1n) is 12.4. The van der Waals surface area contributed by atoms with E-state index in [-0.39, 0.29) is 17.2 Å². The second kappa shape index (κ2) is 9.98. The van der Waals surface area contributed by atoms with Gasteiger partial charge in [-0.15, -0.1) is 0 Å². The third-order valence-corrected chi connectivity index (χ3v) is 7.05. The van der Waals surface area contributed by atoms with Gasteiger partial charge in [-0.2, -0.15) is 13.2 Å². The van der Waals surface area contributed by atoms with Gasteiger partial charge in [0.1, 0.15) is 5.75 Å². The monoisotopic (exact) mass is 533 g/mol.